The number of carbonyl (C=O) groups is 2. The van der Waals surface area contributed by atoms with Crippen molar-refractivity contribution < 1.29 is 31.7 Å². The van der Waals surface area contributed by atoms with Crippen molar-refractivity contribution in [1.82, 2.24) is 9.55 Å². The van der Waals surface area contributed by atoms with Crippen molar-refractivity contribution in [3.8, 4) is 0 Å². The lowest BCUT2D eigenvalue weighted by Crippen LogP contribution is -2.31. The van der Waals surface area contributed by atoms with E-state index >= 15 is 0 Å². The molecule has 14 heteroatoms. The highest BCUT2D eigenvalue weighted by molar-refractivity contribution is 9.10. The number of H-pyrrole nitrogens is 1. The lowest BCUT2D eigenvalue weighted by atomic mass is 10.0. The summed E-state index contributed by atoms with van der Waals surface area (Å²) in [6.07, 6.45) is 4.01. The molecule has 0 amide bonds. The number of hydrogen-bond donors (Lipinski definition) is 1. The van der Waals surface area contributed by atoms with Gasteiger partial charge in [0.05, 0.1) is 19.5 Å². The van der Waals surface area contributed by atoms with Crippen LogP contribution in [-0.2, 0) is 33.4 Å². The monoisotopic (exact) mass is 726 g/mol. The van der Waals surface area contributed by atoms with Crippen LogP contribution in [0.15, 0.2) is 55.2 Å². The largest absolute Gasteiger partial charge is 0.464 e. The molecule has 0 aromatic carbocycles. The molecule has 0 aliphatic carbocycles. The molecule has 0 aliphatic rings. The van der Waals surface area contributed by atoms with E-state index in [0.717, 1.165) is 10.7 Å². The van der Waals surface area contributed by atoms with Gasteiger partial charge < -0.3 is 19.0 Å². The molecule has 0 spiro atoms. The Labute approximate surface area is 258 Å². The van der Waals surface area contributed by atoms with E-state index in [1.54, 1.807) is 38.4 Å². The van der Waals surface area contributed by atoms with E-state index in [1.807, 2.05) is 27.7 Å². The molecule has 0 radical (unpaired) electrons. The molecule has 232 valence electrons. The predicted molar refractivity (Wildman–Crippen MR) is 164 cm³/mol. The number of esters is 2. The van der Waals surface area contributed by atoms with Gasteiger partial charge in [-0.2, -0.15) is 8.42 Å². The maximum atomic E-state index is 11.9. The van der Waals surface area contributed by atoms with Gasteiger partial charge in [0.25, 0.3) is 15.7 Å². The first-order valence-electron chi connectivity index (χ1n) is 12.9. The standard InChI is InChI=1S/C13H18BrNO3.C9H18O5S.C5H4BrNO/c1-4-18-13(17)11(7-9(2)3)15-6-5-10(14)8-12(15)16;1-5-13-9(10)8(6-7(2)3)14-15(4,11)12;6-4-1-2-7-5(8)3-4/h5-6,8-9,11H,4,7H2,1-3H3;7-8H,5-6H2,1-4H3;1-3H,(H,7,8). The summed E-state index contributed by atoms with van der Waals surface area (Å²) in [5, 5.41) is 0. The smallest absolute Gasteiger partial charge is 0.336 e. The molecule has 0 saturated carbocycles. The lowest BCUT2D eigenvalue weighted by Gasteiger charge is -2.19. The van der Waals surface area contributed by atoms with Gasteiger partial charge in [-0.15, -0.1) is 0 Å². The number of nitrogens with one attached hydrogen (secondary N) is 1. The number of carbonyl (C=O) groups excluding carboxylic acids is 2. The molecule has 2 unspecified atom stereocenters. The number of hydrogen-bond acceptors (Lipinski definition) is 9. The van der Waals surface area contributed by atoms with Crippen molar-refractivity contribution in [3.05, 3.63) is 66.3 Å². The van der Waals surface area contributed by atoms with Crippen molar-refractivity contribution in [1.29, 1.82) is 0 Å². The van der Waals surface area contributed by atoms with Gasteiger partial charge >= 0.3 is 11.9 Å². The maximum Gasteiger partial charge on any atom is 0.336 e. The van der Waals surface area contributed by atoms with Crippen molar-refractivity contribution >= 4 is 53.9 Å². The molecule has 0 fully saturated rings. The van der Waals surface area contributed by atoms with Gasteiger partial charge in [0.2, 0.25) is 5.56 Å². The molecule has 2 aromatic heterocycles. The highest BCUT2D eigenvalue weighted by atomic mass is 79.9. The molecule has 0 bridgehead atoms. The van der Waals surface area contributed by atoms with E-state index in [2.05, 4.69) is 41.0 Å². The summed E-state index contributed by atoms with van der Waals surface area (Å²) < 4.78 is 39.2. The molecule has 1 N–H and O–H groups in total. The first-order valence-corrected chi connectivity index (χ1v) is 16.3. The van der Waals surface area contributed by atoms with Crippen molar-refractivity contribution in [2.45, 2.75) is 66.5 Å². The zero-order chi connectivity index (χ0) is 31.8. The summed E-state index contributed by atoms with van der Waals surface area (Å²) in [5.74, 6) is -0.525. The molecule has 0 aliphatic heterocycles. The van der Waals surface area contributed by atoms with E-state index in [4.69, 9.17) is 9.47 Å². The molecule has 2 heterocycles. The summed E-state index contributed by atoms with van der Waals surface area (Å²) in [5.41, 5.74) is -0.289. The van der Waals surface area contributed by atoms with Gasteiger partial charge in [-0.05, 0) is 50.7 Å². The zero-order valence-corrected chi connectivity index (χ0v) is 28.4. The van der Waals surface area contributed by atoms with Crippen LogP contribution in [0, 0.1) is 11.8 Å². The Balaban J connectivity index is 0.000000625. The van der Waals surface area contributed by atoms with Crippen LogP contribution in [0.25, 0.3) is 0 Å². The molecular formula is C27H40Br2N2O9S. The van der Waals surface area contributed by atoms with Gasteiger partial charge in [-0.1, -0.05) is 59.6 Å². The average molecular weight is 728 g/mol. The Bertz CT molecular complexity index is 1310. The Morgan fingerprint density at radius 3 is 1.85 bits per heavy atom. The number of rotatable bonds is 11. The van der Waals surface area contributed by atoms with Crippen molar-refractivity contribution in [2.24, 2.45) is 11.8 Å². The fourth-order valence-electron chi connectivity index (χ4n) is 3.20. The van der Waals surface area contributed by atoms with Crippen LogP contribution in [0.1, 0.15) is 60.4 Å². The van der Waals surface area contributed by atoms with Gasteiger partial charge in [-0.25, -0.2) is 9.59 Å². The molecule has 41 heavy (non-hydrogen) atoms. The Kier molecular flexibility index (Phi) is 18.7. The molecule has 11 nitrogen and oxygen atoms in total. The zero-order valence-electron chi connectivity index (χ0n) is 24.4. The molecule has 2 atom stereocenters. The van der Waals surface area contributed by atoms with E-state index in [-0.39, 0.29) is 29.6 Å². The lowest BCUT2D eigenvalue weighted by molar-refractivity contribution is -0.152. The highest BCUT2D eigenvalue weighted by Gasteiger charge is 2.26. The van der Waals surface area contributed by atoms with Crippen LogP contribution in [0.2, 0.25) is 0 Å². The minimum absolute atomic E-state index is 0.0839. The number of pyridine rings is 2. The number of ether oxygens (including phenoxy) is 2. The van der Waals surface area contributed by atoms with Gasteiger partial charge in [0.15, 0.2) is 6.10 Å². The Hall–Kier alpha value is -2.29. The van der Waals surface area contributed by atoms with Crippen LogP contribution >= 0.6 is 31.9 Å². The molecule has 2 rings (SSSR count). The minimum atomic E-state index is -3.63. The third-order valence-electron chi connectivity index (χ3n) is 4.76. The van der Waals surface area contributed by atoms with Gasteiger partial charge in [0, 0.05) is 33.5 Å². The summed E-state index contributed by atoms with van der Waals surface area (Å²) in [4.78, 5) is 48.1. The average Bonchev–Trinajstić information content (AvgIpc) is 2.82. The van der Waals surface area contributed by atoms with Gasteiger partial charge in [-0.3, -0.25) is 13.8 Å². The predicted octanol–water partition coefficient (Wildman–Crippen LogP) is 4.84. The van der Waals surface area contributed by atoms with Crippen LogP contribution in [0.3, 0.4) is 0 Å². The first-order chi connectivity index (χ1) is 19.0. The van der Waals surface area contributed by atoms with Gasteiger partial charge in [0.1, 0.15) is 6.04 Å². The maximum absolute atomic E-state index is 11.9. The number of nitrogens with zero attached hydrogens (tertiary/aromatic N) is 1. The van der Waals surface area contributed by atoms with E-state index in [9.17, 15) is 27.6 Å². The topological polar surface area (TPSA) is 151 Å². The van der Waals surface area contributed by atoms with Crippen molar-refractivity contribution in [3.63, 3.8) is 0 Å². The highest BCUT2D eigenvalue weighted by Crippen LogP contribution is 2.19. The second kappa shape index (κ2) is 19.8. The third-order valence-corrected chi connectivity index (χ3v) is 6.33. The summed E-state index contributed by atoms with van der Waals surface area (Å²) >= 11 is 6.38. The number of aromatic amines is 1. The van der Waals surface area contributed by atoms with E-state index in [0.29, 0.717) is 29.8 Å². The van der Waals surface area contributed by atoms with Crippen LogP contribution in [-0.4, -0.2) is 55.5 Å². The third kappa shape index (κ3) is 18.0. The van der Waals surface area contributed by atoms with E-state index in [1.165, 1.54) is 16.7 Å². The van der Waals surface area contributed by atoms with Crippen LogP contribution in [0.5, 0.6) is 0 Å². The summed E-state index contributed by atoms with van der Waals surface area (Å²) in [7, 11) is -3.63. The summed E-state index contributed by atoms with van der Waals surface area (Å²) in [6.45, 7) is 11.7. The normalized spacial score (nSPS) is 12.4. The summed E-state index contributed by atoms with van der Waals surface area (Å²) in [6, 6.07) is 5.88. The second-order valence-corrected chi connectivity index (χ2v) is 13.0. The fourth-order valence-corrected chi connectivity index (χ4v) is 4.43. The van der Waals surface area contributed by atoms with E-state index < -0.39 is 28.2 Å². The van der Waals surface area contributed by atoms with Crippen molar-refractivity contribution in [2.75, 3.05) is 19.5 Å². The van der Waals surface area contributed by atoms with Crippen LogP contribution in [0.4, 0.5) is 0 Å². The quantitative estimate of drug-likeness (QED) is 0.253. The van der Waals surface area contributed by atoms with Crippen LogP contribution < -0.4 is 11.1 Å². The molecule has 0 saturated heterocycles. The number of halogens is 2. The number of aromatic nitrogens is 2. The second-order valence-electron chi connectivity index (χ2n) is 9.53. The fraction of sp³-hybridized carbons (Fsp3) is 0.556. The Morgan fingerprint density at radius 2 is 1.44 bits per heavy atom. The molecular weight excluding hydrogens is 688 g/mol. The SMILES string of the molecule is CCOC(=O)C(CC(C)C)OS(C)(=O)=O.CCOC(=O)C(CC(C)C)n1ccc(Br)cc1=O.O=c1cc(Br)cc[nH]1. The first kappa shape index (κ1) is 38.7. The Morgan fingerprint density at radius 1 is 0.902 bits per heavy atom. The minimum Gasteiger partial charge on any atom is -0.464 e. The molecule has 2 aromatic rings.